The van der Waals surface area contributed by atoms with Crippen LogP contribution in [0.25, 0.3) is 15.9 Å². The number of rotatable bonds is 3. The molecular weight excluding hydrogens is 426 g/mol. The summed E-state index contributed by atoms with van der Waals surface area (Å²) in [7, 11) is 0. The van der Waals surface area contributed by atoms with Crippen LogP contribution in [0.15, 0.2) is 51.7 Å². The van der Waals surface area contributed by atoms with E-state index >= 15 is 0 Å². The molecule has 1 atom stereocenters. The Morgan fingerprint density at radius 1 is 1.28 bits per heavy atom. The van der Waals surface area contributed by atoms with E-state index in [0.717, 1.165) is 4.47 Å². The van der Waals surface area contributed by atoms with Crippen LogP contribution in [0, 0.1) is 0 Å². The molecule has 1 unspecified atom stereocenters. The van der Waals surface area contributed by atoms with Gasteiger partial charge >= 0.3 is 0 Å². The molecule has 0 amide bonds. The van der Waals surface area contributed by atoms with Gasteiger partial charge in [0.2, 0.25) is 4.96 Å². The summed E-state index contributed by atoms with van der Waals surface area (Å²) in [4.78, 5) is 17.6. The minimum atomic E-state index is -0.368. The minimum Gasteiger partial charge on any atom is -0.482 e. The van der Waals surface area contributed by atoms with E-state index in [1.807, 2.05) is 31.2 Å². The van der Waals surface area contributed by atoms with Gasteiger partial charge in [0.05, 0.1) is 15.9 Å². The maximum Gasteiger partial charge on any atom is 0.283 e. The van der Waals surface area contributed by atoms with Gasteiger partial charge in [-0.15, -0.1) is 0 Å². The lowest BCUT2D eigenvalue weighted by Gasteiger charge is -2.13. The lowest BCUT2D eigenvalue weighted by molar-refractivity contribution is 0.225. The molecule has 0 N–H and O–H groups in total. The maximum absolute atomic E-state index is 12.6. The first-order chi connectivity index (χ1) is 12.0. The average molecular weight is 437 g/mol. The summed E-state index contributed by atoms with van der Waals surface area (Å²) in [5, 5.41) is 6.09. The molecule has 0 aliphatic rings. The van der Waals surface area contributed by atoms with Crippen LogP contribution >= 0.6 is 38.9 Å². The van der Waals surface area contributed by atoms with Gasteiger partial charge in [-0.05, 0) is 37.3 Å². The monoisotopic (exact) mass is 435 g/mol. The molecule has 0 saturated carbocycles. The number of fused-ring (bicyclic) bond motifs is 2. The smallest absolute Gasteiger partial charge is 0.283 e. The Hall–Kier alpha value is -1.96. The number of aromatic nitrogens is 3. The average Bonchev–Trinajstić information content (AvgIpc) is 3.02. The predicted molar refractivity (Wildman–Crippen MR) is 103 cm³/mol. The number of ether oxygens (including phenoxy) is 1. The number of nitrogens with zero attached hydrogens (tertiary/aromatic N) is 3. The van der Waals surface area contributed by atoms with Gasteiger partial charge in [-0.2, -0.15) is 9.61 Å². The minimum absolute atomic E-state index is 0.183. The van der Waals surface area contributed by atoms with Gasteiger partial charge in [0.25, 0.3) is 5.56 Å². The Bertz CT molecular complexity index is 1160. The highest BCUT2D eigenvalue weighted by Crippen LogP contribution is 2.32. The van der Waals surface area contributed by atoms with E-state index in [-0.39, 0.29) is 11.7 Å². The molecular formula is C17H11BrClN3O2S. The number of benzene rings is 2. The molecule has 25 heavy (non-hydrogen) atoms. The topological polar surface area (TPSA) is 56.5 Å². The van der Waals surface area contributed by atoms with Crippen LogP contribution in [0.1, 0.15) is 18.0 Å². The van der Waals surface area contributed by atoms with Crippen LogP contribution in [0.3, 0.4) is 0 Å². The number of para-hydroxylation sites is 1. The number of hydrogen-bond acceptors (Lipinski definition) is 5. The van der Waals surface area contributed by atoms with E-state index in [1.165, 1.54) is 15.9 Å². The highest BCUT2D eigenvalue weighted by atomic mass is 79.9. The van der Waals surface area contributed by atoms with Crippen molar-refractivity contribution in [3.05, 3.63) is 67.3 Å². The van der Waals surface area contributed by atoms with Crippen LogP contribution < -0.4 is 10.3 Å². The first-order valence-corrected chi connectivity index (χ1v) is 9.42. The van der Waals surface area contributed by atoms with E-state index in [1.54, 1.807) is 18.2 Å². The summed E-state index contributed by atoms with van der Waals surface area (Å²) in [5.74, 6) is 0.557. The second-order valence-corrected chi connectivity index (χ2v) is 7.71. The van der Waals surface area contributed by atoms with Gasteiger partial charge in [0.15, 0.2) is 5.01 Å². The number of halogens is 2. The van der Waals surface area contributed by atoms with Crippen LogP contribution in [0.5, 0.6) is 5.75 Å². The Morgan fingerprint density at radius 2 is 2.08 bits per heavy atom. The molecule has 0 aliphatic heterocycles. The van der Waals surface area contributed by atoms with Crippen molar-refractivity contribution in [2.24, 2.45) is 0 Å². The molecule has 0 radical (unpaired) electrons. The summed E-state index contributed by atoms with van der Waals surface area (Å²) in [5.41, 5.74) is 0.476. The van der Waals surface area contributed by atoms with Crippen molar-refractivity contribution >= 4 is 54.7 Å². The predicted octanol–water partition coefficient (Wildman–Crippen LogP) is 4.86. The molecule has 0 aliphatic carbocycles. The van der Waals surface area contributed by atoms with Gasteiger partial charge in [-0.25, -0.2) is 4.98 Å². The molecule has 2 aromatic carbocycles. The third kappa shape index (κ3) is 3.03. The van der Waals surface area contributed by atoms with E-state index < -0.39 is 0 Å². The molecule has 2 aromatic heterocycles. The largest absolute Gasteiger partial charge is 0.482 e. The molecule has 126 valence electrons. The first-order valence-electron chi connectivity index (χ1n) is 7.43. The maximum atomic E-state index is 12.6. The summed E-state index contributed by atoms with van der Waals surface area (Å²) in [6.07, 6.45) is -0.368. The van der Waals surface area contributed by atoms with Crippen molar-refractivity contribution in [3.63, 3.8) is 0 Å². The van der Waals surface area contributed by atoms with Crippen molar-refractivity contribution in [3.8, 4) is 5.75 Å². The van der Waals surface area contributed by atoms with Crippen LogP contribution in [-0.2, 0) is 0 Å². The van der Waals surface area contributed by atoms with Gasteiger partial charge in [0.1, 0.15) is 11.9 Å². The normalized spacial score (nSPS) is 12.6. The Labute approximate surface area is 160 Å². The standard InChI is InChI=1S/C17H11BrClN3O2S/c1-9(24-14-7-6-10(18)8-12(14)19)15-21-22-16(23)11-4-2-3-5-13(11)20-17(22)25-15/h2-9H,1H3. The molecule has 4 aromatic rings. The zero-order valence-corrected chi connectivity index (χ0v) is 16.1. The summed E-state index contributed by atoms with van der Waals surface area (Å²) in [6.45, 7) is 1.86. The lowest BCUT2D eigenvalue weighted by Crippen LogP contribution is -2.15. The summed E-state index contributed by atoms with van der Waals surface area (Å²) < 4.78 is 8.10. The van der Waals surface area contributed by atoms with Gasteiger partial charge in [-0.1, -0.05) is 51.0 Å². The van der Waals surface area contributed by atoms with Crippen molar-refractivity contribution in [2.45, 2.75) is 13.0 Å². The Kier molecular flexibility index (Phi) is 4.23. The molecule has 0 spiro atoms. The van der Waals surface area contributed by atoms with E-state index in [9.17, 15) is 4.79 Å². The fourth-order valence-corrected chi connectivity index (χ4v) is 4.04. The van der Waals surface area contributed by atoms with E-state index in [2.05, 4.69) is 26.0 Å². The molecule has 4 rings (SSSR count). The molecule has 0 saturated heterocycles. The van der Waals surface area contributed by atoms with Gasteiger partial charge in [-0.3, -0.25) is 4.79 Å². The second kappa shape index (κ2) is 6.40. The molecule has 5 nitrogen and oxygen atoms in total. The first kappa shape index (κ1) is 16.5. The lowest BCUT2D eigenvalue weighted by atomic mass is 10.2. The quantitative estimate of drug-likeness (QED) is 0.460. The van der Waals surface area contributed by atoms with Crippen LogP contribution in [-0.4, -0.2) is 14.6 Å². The zero-order valence-electron chi connectivity index (χ0n) is 12.9. The molecule has 0 bridgehead atoms. The fourth-order valence-electron chi connectivity index (χ4n) is 2.45. The van der Waals surface area contributed by atoms with Crippen molar-refractivity contribution in [1.29, 1.82) is 0 Å². The summed E-state index contributed by atoms with van der Waals surface area (Å²) >= 11 is 10.9. The van der Waals surface area contributed by atoms with Crippen molar-refractivity contribution in [1.82, 2.24) is 14.6 Å². The van der Waals surface area contributed by atoms with E-state index in [0.29, 0.717) is 31.6 Å². The van der Waals surface area contributed by atoms with Gasteiger partial charge in [0, 0.05) is 4.47 Å². The molecule has 8 heteroatoms. The summed E-state index contributed by atoms with van der Waals surface area (Å²) in [6, 6.07) is 12.6. The number of hydrogen-bond donors (Lipinski definition) is 0. The fraction of sp³-hybridized carbons (Fsp3) is 0.118. The SMILES string of the molecule is CC(Oc1ccc(Br)cc1Cl)c1nn2c(=O)c3ccccc3nc2s1. The molecule has 2 heterocycles. The highest BCUT2D eigenvalue weighted by Gasteiger charge is 2.17. The Morgan fingerprint density at radius 3 is 2.88 bits per heavy atom. The molecule has 0 fully saturated rings. The van der Waals surface area contributed by atoms with Crippen molar-refractivity contribution < 1.29 is 4.74 Å². The van der Waals surface area contributed by atoms with Crippen LogP contribution in [0.4, 0.5) is 0 Å². The third-order valence-electron chi connectivity index (χ3n) is 3.66. The van der Waals surface area contributed by atoms with E-state index in [4.69, 9.17) is 16.3 Å². The Balaban J connectivity index is 1.75. The second-order valence-electron chi connectivity index (χ2n) is 5.40. The van der Waals surface area contributed by atoms with Crippen LogP contribution in [0.2, 0.25) is 5.02 Å². The van der Waals surface area contributed by atoms with Crippen molar-refractivity contribution in [2.75, 3.05) is 0 Å². The highest BCUT2D eigenvalue weighted by molar-refractivity contribution is 9.10. The van der Waals surface area contributed by atoms with Gasteiger partial charge < -0.3 is 4.74 Å². The zero-order chi connectivity index (χ0) is 17.6. The third-order valence-corrected chi connectivity index (χ3v) is 5.52.